The Hall–Kier alpha value is -2.47. The number of aryl methyl sites for hydroxylation is 1. The number of hydrogen-bond donors (Lipinski definition) is 0. The van der Waals surface area contributed by atoms with Gasteiger partial charge in [0.2, 0.25) is 0 Å². The first kappa shape index (κ1) is 17.4. The number of nitrogens with zero attached hydrogens (tertiary/aromatic N) is 3. The molecular formula is C19H21N3O2S. The lowest BCUT2D eigenvalue weighted by Gasteiger charge is -2.09. The average Bonchev–Trinajstić information content (AvgIpc) is 3.01. The molecule has 0 spiro atoms. The molecule has 0 aliphatic carbocycles. The fourth-order valence-corrected chi connectivity index (χ4v) is 3.37. The quantitative estimate of drug-likeness (QED) is 0.623. The van der Waals surface area contributed by atoms with Crippen molar-refractivity contribution in [1.82, 2.24) is 14.8 Å². The van der Waals surface area contributed by atoms with E-state index in [4.69, 9.17) is 9.47 Å². The summed E-state index contributed by atoms with van der Waals surface area (Å²) in [5.41, 5.74) is 3.48. The van der Waals surface area contributed by atoms with Gasteiger partial charge in [-0.25, -0.2) is 0 Å². The second-order valence-electron chi connectivity index (χ2n) is 5.71. The number of ether oxygens (including phenoxy) is 2. The van der Waals surface area contributed by atoms with Crippen molar-refractivity contribution < 1.29 is 9.47 Å². The van der Waals surface area contributed by atoms with Crippen LogP contribution in [0.4, 0.5) is 0 Å². The van der Waals surface area contributed by atoms with Crippen molar-refractivity contribution in [3.05, 3.63) is 53.6 Å². The zero-order chi connectivity index (χ0) is 17.8. The zero-order valence-electron chi connectivity index (χ0n) is 14.8. The summed E-state index contributed by atoms with van der Waals surface area (Å²) in [5, 5.41) is 9.55. The molecule has 0 unspecified atom stereocenters. The number of hydrogen-bond acceptors (Lipinski definition) is 5. The van der Waals surface area contributed by atoms with E-state index >= 15 is 0 Å². The van der Waals surface area contributed by atoms with Crippen molar-refractivity contribution in [2.24, 2.45) is 7.05 Å². The molecule has 5 nitrogen and oxygen atoms in total. The van der Waals surface area contributed by atoms with Crippen LogP contribution in [0, 0.1) is 6.92 Å². The summed E-state index contributed by atoms with van der Waals surface area (Å²) >= 11 is 1.67. The minimum absolute atomic E-state index is 0.678. The fraction of sp³-hybridized carbons (Fsp3) is 0.263. The standard InChI is InChI=1S/C19H21N3O2S/c1-13-5-7-14(8-6-13)12-25-19-21-20-18(22(19)2)15-9-10-16(23-3)17(11-15)24-4/h5-11H,12H2,1-4H3. The van der Waals surface area contributed by atoms with Crippen molar-refractivity contribution in [2.75, 3.05) is 14.2 Å². The summed E-state index contributed by atoms with van der Waals surface area (Å²) in [4.78, 5) is 0. The van der Waals surface area contributed by atoms with Crippen LogP contribution in [0.1, 0.15) is 11.1 Å². The van der Waals surface area contributed by atoms with Gasteiger partial charge in [0, 0.05) is 18.4 Å². The van der Waals surface area contributed by atoms with Crippen molar-refractivity contribution >= 4 is 11.8 Å². The molecular weight excluding hydrogens is 334 g/mol. The molecule has 0 N–H and O–H groups in total. The first-order chi connectivity index (χ1) is 12.1. The SMILES string of the molecule is COc1ccc(-c2nnc(SCc3ccc(C)cc3)n2C)cc1OC. The second kappa shape index (κ2) is 7.61. The monoisotopic (exact) mass is 355 g/mol. The Balaban J connectivity index is 1.80. The highest BCUT2D eigenvalue weighted by atomic mass is 32.2. The van der Waals surface area contributed by atoms with E-state index in [2.05, 4.69) is 41.4 Å². The molecule has 2 aromatic carbocycles. The predicted octanol–water partition coefficient (Wildman–Crippen LogP) is 4.10. The molecule has 0 bridgehead atoms. The van der Waals surface area contributed by atoms with Gasteiger partial charge in [0.25, 0.3) is 0 Å². The highest BCUT2D eigenvalue weighted by Crippen LogP contribution is 2.32. The Labute approximate surface area is 152 Å². The van der Waals surface area contributed by atoms with Gasteiger partial charge < -0.3 is 14.0 Å². The zero-order valence-corrected chi connectivity index (χ0v) is 15.6. The van der Waals surface area contributed by atoms with Crippen LogP contribution in [-0.2, 0) is 12.8 Å². The van der Waals surface area contributed by atoms with Gasteiger partial charge in [-0.05, 0) is 30.7 Å². The molecule has 1 aromatic heterocycles. The summed E-state index contributed by atoms with van der Waals surface area (Å²) in [6.45, 7) is 2.09. The van der Waals surface area contributed by atoms with Crippen LogP contribution in [0.25, 0.3) is 11.4 Å². The lowest BCUT2D eigenvalue weighted by atomic mass is 10.2. The molecule has 0 amide bonds. The van der Waals surface area contributed by atoms with Crippen LogP contribution >= 0.6 is 11.8 Å². The van der Waals surface area contributed by atoms with E-state index in [0.29, 0.717) is 11.5 Å². The number of rotatable bonds is 6. The molecule has 0 aliphatic heterocycles. The Kier molecular flexibility index (Phi) is 5.28. The largest absolute Gasteiger partial charge is 0.493 e. The average molecular weight is 355 g/mol. The summed E-state index contributed by atoms with van der Waals surface area (Å²) < 4.78 is 12.7. The van der Waals surface area contributed by atoms with Gasteiger partial charge in [0.1, 0.15) is 0 Å². The van der Waals surface area contributed by atoms with Gasteiger partial charge in [0.05, 0.1) is 14.2 Å². The highest BCUT2D eigenvalue weighted by molar-refractivity contribution is 7.98. The van der Waals surface area contributed by atoms with Crippen LogP contribution in [-0.4, -0.2) is 29.0 Å². The van der Waals surface area contributed by atoms with E-state index in [0.717, 1.165) is 22.3 Å². The molecule has 0 radical (unpaired) electrons. The maximum Gasteiger partial charge on any atom is 0.191 e. The second-order valence-corrected chi connectivity index (χ2v) is 6.65. The third-order valence-corrected chi connectivity index (χ3v) is 5.06. The Bertz CT molecular complexity index is 860. The minimum atomic E-state index is 0.678. The van der Waals surface area contributed by atoms with Gasteiger partial charge in [-0.15, -0.1) is 10.2 Å². The fourth-order valence-electron chi connectivity index (χ4n) is 2.50. The topological polar surface area (TPSA) is 49.2 Å². The lowest BCUT2D eigenvalue weighted by molar-refractivity contribution is 0.355. The maximum atomic E-state index is 5.37. The first-order valence-corrected chi connectivity index (χ1v) is 8.91. The molecule has 0 aliphatic rings. The van der Waals surface area contributed by atoms with Crippen LogP contribution < -0.4 is 9.47 Å². The maximum absolute atomic E-state index is 5.37. The van der Waals surface area contributed by atoms with Gasteiger partial charge in [0.15, 0.2) is 22.5 Å². The van der Waals surface area contributed by atoms with Crippen LogP contribution in [0.2, 0.25) is 0 Å². The highest BCUT2D eigenvalue weighted by Gasteiger charge is 2.14. The van der Waals surface area contributed by atoms with Crippen molar-refractivity contribution in [3.8, 4) is 22.9 Å². The Morgan fingerprint density at radius 1 is 0.960 bits per heavy atom. The molecule has 3 rings (SSSR count). The molecule has 0 saturated heterocycles. The van der Waals surface area contributed by atoms with E-state index in [9.17, 15) is 0 Å². The van der Waals surface area contributed by atoms with Gasteiger partial charge in [-0.1, -0.05) is 41.6 Å². The molecule has 0 fully saturated rings. The van der Waals surface area contributed by atoms with Crippen LogP contribution in [0.5, 0.6) is 11.5 Å². The van der Waals surface area contributed by atoms with Gasteiger partial charge in [-0.2, -0.15) is 0 Å². The first-order valence-electron chi connectivity index (χ1n) is 7.92. The molecule has 0 saturated carbocycles. The number of aromatic nitrogens is 3. The van der Waals surface area contributed by atoms with Crippen molar-refractivity contribution in [1.29, 1.82) is 0 Å². The predicted molar refractivity (Wildman–Crippen MR) is 100 cm³/mol. The smallest absolute Gasteiger partial charge is 0.191 e. The Morgan fingerprint density at radius 2 is 1.68 bits per heavy atom. The molecule has 25 heavy (non-hydrogen) atoms. The van der Waals surface area contributed by atoms with Gasteiger partial charge in [-0.3, -0.25) is 0 Å². The normalized spacial score (nSPS) is 10.7. The molecule has 130 valence electrons. The Morgan fingerprint density at radius 3 is 2.36 bits per heavy atom. The van der Waals surface area contributed by atoms with E-state index < -0.39 is 0 Å². The molecule has 3 aromatic rings. The number of benzene rings is 2. The van der Waals surface area contributed by atoms with E-state index in [-0.39, 0.29) is 0 Å². The summed E-state index contributed by atoms with van der Waals surface area (Å²) in [7, 11) is 5.23. The summed E-state index contributed by atoms with van der Waals surface area (Å²) in [5.74, 6) is 3.03. The lowest BCUT2D eigenvalue weighted by Crippen LogP contribution is -1.96. The van der Waals surface area contributed by atoms with Crippen LogP contribution in [0.15, 0.2) is 47.6 Å². The number of methoxy groups -OCH3 is 2. The van der Waals surface area contributed by atoms with E-state index in [1.807, 2.05) is 29.8 Å². The van der Waals surface area contributed by atoms with Crippen molar-refractivity contribution in [3.63, 3.8) is 0 Å². The van der Waals surface area contributed by atoms with E-state index in [1.54, 1.807) is 26.0 Å². The molecule has 1 heterocycles. The molecule has 6 heteroatoms. The van der Waals surface area contributed by atoms with Crippen LogP contribution in [0.3, 0.4) is 0 Å². The third-order valence-electron chi connectivity index (χ3n) is 3.97. The summed E-state index contributed by atoms with van der Waals surface area (Å²) in [6, 6.07) is 14.3. The van der Waals surface area contributed by atoms with E-state index in [1.165, 1.54) is 11.1 Å². The summed E-state index contributed by atoms with van der Waals surface area (Å²) in [6.07, 6.45) is 0. The third kappa shape index (κ3) is 3.79. The number of thioether (sulfide) groups is 1. The van der Waals surface area contributed by atoms with Crippen molar-refractivity contribution in [2.45, 2.75) is 17.8 Å². The minimum Gasteiger partial charge on any atom is -0.493 e. The molecule has 0 atom stereocenters. The van der Waals surface area contributed by atoms with Gasteiger partial charge >= 0.3 is 0 Å².